The molecule has 2 heterocycles. The Kier molecular flexibility index (Phi) is 1.94. The lowest BCUT2D eigenvalue weighted by molar-refractivity contribution is -0.127. The summed E-state index contributed by atoms with van der Waals surface area (Å²) < 4.78 is 0. The zero-order chi connectivity index (χ0) is 9.97. The summed E-state index contributed by atoms with van der Waals surface area (Å²) >= 11 is 0. The number of rotatable bonds is 2. The number of amides is 1. The lowest BCUT2D eigenvalue weighted by Crippen LogP contribution is -2.12. The van der Waals surface area contributed by atoms with Crippen molar-refractivity contribution in [3.63, 3.8) is 0 Å². The quantitative estimate of drug-likeness (QED) is 0.519. The van der Waals surface area contributed by atoms with Crippen LogP contribution >= 0.6 is 0 Å². The van der Waals surface area contributed by atoms with E-state index in [0.29, 0.717) is 11.2 Å². The van der Waals surface area contributed by atoms with Gasteiger partial charge in [-0.3, -0.25) is 19.7 Å². The van der Waals surface area contributed by atoms with Crippen LogP contribution in [0.25, 0.3) is 10.9 Å². The Labute approximate surface area is 78.3 Å². The largest absolute Gasteiger partial charge is 0.317 e. The van der Waals surface area contributed by atoms with Gasteiger partial charge in [0.2, 0.25) is 6.29 Å². The molecule has 2 N–H and O–H groups in total. The number of carbonyl (C=O) groups excluding carboxylic acids is 2. The second kappa shape index (κ2) is 3.25. The van der Waals surface area contributed by atoms with Gasteiger partial charge in [-0.15, -0.1) is 0 Å². The van der Waals surface area contributed by atoms with Crippen molar-refractivity contribution in [1.82, 2.24) is 15.2 Å². The summed E-state index contributed by atoms with van der Waals surface area (Å²) in [5.41, 5.74) is 1.09. The first-order valence-electron chi connectivity index (χ1n) is 3.84. The van der Waals surface area contributed by atoms with E-state index in [1.165, 1.54) is 6.20 Å². The van der Waals surface area contributed by atoms with E-state index in [9.17, 15) is 9.59 Å². The SMILES string of the molecule is O=CC(=O)Nc1cncc2cn[nH]c12. The third-order valence-corrected chi connectivity index (χ3v) is 1.72. The van der Waals surface area contributed by atoms with Crippen molar-refractivity contribution in [2.24, 2.45) is 0 Å². The molecule has 70 valence electrons. The van der Waals surface area contributed by atoms with Gasteiger partial charge in [-0.1, -0.05) is 0 Å². The highest BCUT2D eigenvalue weighted by atomic mass is 16.2. The van der Waals surface area contributed by atoms with Gasteiger partial charge >= 0.3 is 0 Å². The van der Waals surface area contributed by atoms with Gasteiger partial charge in [0.05, 0.1) is 23.6 Å². The maximum atomic E-state index is 10.8. The number of aromatic nitrogens is 3. The predicted octanol–water partition coefficient (Wildman–Crippen LogP) is 0.0953. The molecule has 2 rings (SSSR count). The molecule has 0 spiro atoms. The second-order valence-electron chi connectivity index (χ2n) is 2.63. The van der Waals surface area contributed by atoms with Crippen LogP contribution in [0.3, 0.4) is 0 Å². The number of carbonyl (C=O) groups is 2. The summed E-state index contributed by atoms with van der Waals surface area (Å²) in [6.45, 7) is 0. The van der Waals surface area contributed by atoms with E-state index in [1.807, 2.05) is 0 Å². The minimum absolute atomic E-state index is 0.204. The maximum Gasteiger partial charge on any atom is 0.288 e. The number of nitrogens with zero attached hydrogens (tertiary/aromatic N) is 2. The second-order valence-corrected chi connectivity index (χ2v) is 2.63. The molecule has 0 saturated heterocycles. The predicted molar refractivity (Wildman–Crippen MR) is 48.6 cm³/mol. The van der Waals surface area contributed by atoms with E-state index in [-0.39, 0.29) is 6.29 Å². The van der Waals surface area contributed by atoms with Crippen molar-refractivity contribution in [2.45, 2.75) is 0 Å². The van der Waals surface area contributed by atoms with E-state index < -0.39 is 5.91 Å². The molecule has 6 heteroatoms. The van der Waals surface area contributed by atoms with E-state index in [2.05, 4.69) is 20.5 Å². The average Bonchev–Trinajstić information content (AvgIpc) is 2.66. The smallest absolute Gasteiger partial charge is 0.288 e. The van der Waals surface area contributed by atoms with Gasteiger partial charge in [0.1, 0.15) is 0 Å². The van der Waals surface area contributed by atoms with E-state index >= 15 is 0 Å². The number of H-pyrrole nitrogens is 1. The molecule has 0 bridgehead atoms. The zero-order valence-corrected chi connectivity index (χ0v) is 7.02. The van der Waals surface area contributed by atoms with Gasteiger partial charge in [0.15, 0.2) is 0 Å². The van der Waals surface area contributed by atoms with Gasteiger partial charge in [-0.25, -0.2) is 0 Å². The molecule has 0 atom stereocenters. The topological polar surface area (TPSA) is 87.7 Å². The third-order valence-electron chi connectivity index (χ3n) is 1.72. The summed E-state index contributed by atoms with van der Waals surface area (Å²) in [5, 5.41) is 9.64. The summed E-state index contributed by atoms with van der Waals surface area (Å²) in [7, 11) is 0. The molecule has 2 aromatic rings. The summed E-state index contributed by atoms with van der Waals surface area (Å²) in [6.07, 6.45) is 4.84. The Morgan fingerprint density at radius 3 is 3.07 bits per heavy atom. The Hall–Kier alpha value is -2.24. The molecule has 0 aliphatic heterocycles. The van der Waals surface area contributed by atoms with Gasteiger partial charge in [0.25, 0.3) is 5.91 Å². The van der Waals surface area contributed by atoms with Crippen molar-refractivity contribution in [1.29, 1.82) is 0 Å². The number of hydrogen-bond donors (Lipinski definition) is 2. The standard InChI is InChI=1S/C8H6N4O2/c13-4-7(14)11-6-3-9-1-5-2-10-12-8(5)6/h1-4H,(H,10,12)(H,11,14). The first-order chi connectivity index (χ1) is 6.81. The number of nitrogens with one attached hydrogen (secondary N) is 2. The van der Waals surface area contributed by atoms with E-state index in [4.69, 9.17) is 0 Å². The van der Waals surface area contributed by atoms with Crippen molar-refractivity contribution < 1.29 is 9.59 Å². The Morgan fingerprint density at radius 1 is 1.43 bits per heavy atom. The first kappa shape index (κ1) is 8.36. The van der Waals surface area contributed by atoms with Gasteiger partial charge in [-0.2, -0.15) is 5.10 Å². The number of aromatic amines is 1. The normalized spacial score (nSPS) is 10.0. The average molecular weight is 190 g/mol. The van der Waals surface area contributed by atoms with Crippen LogP contribution in [0, 0.1) is 0 Å². The first-order valence-corrected chi connectivity index (χ1v) is 3.84. The highest BCUT2D eigenvalue weighted by Crippen LogP contribution is 2.18. The maximum absolute atomic E-state index is 10.8. The van der Waals surface area contributed by atoms with Crippen molar-refractivity contribution in [3.8, 4) is 0 Å². The van der Waals surface area contributed by atoms with E-state index in [0.717, 1.165) is 5.39 Å². The lowest BCUT2D eigenvalue weighted by atomic mass is 10.3. The number of hydrogen-bond acceptors (Lipinski definition) is 4. The summed E-state index contributed by atoms with van der Waals surface area (Å²) in [4.78, 5) is 24.8. The van der Waals surface area contributed by atoms with Crippen LogP contribution in [0.1, 0.15) is 0 Å². The summed E-state index contributed by atoms with van der Waals surface area (Å²) in [6, 6.07) is 0. The Balaban J connectivity index is 2.46. The van der Waals surface area contributed by atoms with Crippen molar-refractivity contribution in [3.05, 3.63) is 18.6 Å². The van der Waals surface area contributed by atoms with Crippen LogP contribution in [0.5, 0.6) is 0 Å². The van der Waals surface area contributed by atoms with Crippen LogP contribution < -0.4 is 5.32 Å². The minimum Gasteiger partial charge on any atom is -0.317 e. The fraction of sp³-hybridized carbons (Fsp3) is 0. The number of fused-ring (bicyclic) bond motifs is 1. The molecule has 1 amide bonds. The molecule has 0 aromatic carbocycles. The van der Waals surface area contributed by atoms with Crippen molar-refractivity contribution >= 4 is 28.8 Å². The van der Waals surface area contributed by atoms with Crippen LogP contribution in [0.4, 0.5) is 5.69 Å². The van der Waals surface area contributed by atoms with Crippen LogP contribution in [-0.4, -0.2) is 27.4 Å². The monoisotopic (exact) mass is 190 g/mol. The molecule has 0 saturated carbocycles. The van der Waals surface area contributed by atoms with Gasteiger partial charge in [-0.05, 0) is 0 Å². The molecule has 14 heavy (non-hydrogen) atoms. The summed E-state index contributed by atoms with van der Waals surface area (Å²) in [5.74, 6) is -0.714. The fourth-order valence-corrected chi connectivity index (χ4v) is 1.12. The highest BCUT2D eigenvalue weighted by Gasteiger charge is 2.05. The molecule has 0 fully saturated rings. The molecule has 0 unspecified atom stereocenters. The van der Waals surface area contributed by atoms with Crippen LogP contribution in [0.15, 0.2) is 18.6 Å². The minimum atomic E-state index is -0.714. The molecular weight excluding hydrogens is 184 g/mol. The van der Waals surface area contributed by atoms with Crippen molar-refractivity contribution in [2.75, 3.05) is 5.32 Å². The Morgan fingerprint density at radius 2 is 2.29 bits per heavy atom. The zero-order valence-electron chi connectivity index (χ0n) is 7.02. The molecule has 6 nitrogen and oxygen atoms in total. The fourth-order valence-electron chi connectivity index (χ4n) is 1.12. The van der Waals surface area contributed by atoms with E-state index in [1.54, 1.807) is 12.4 Å². The molecule has 2 aromatic heterocycles. The molecule has 0 aliphatic rings. The van der Waals surface area contributed by atoms with Gasteiger partial charge in [0, 0.05) is 11.6 Å². The number of aldehydes is 1. The lowest BCUT2D eigenvalue weighted by Gasteiger charge is -2.00. The molecule has 0 aliphatic carbocycles. The van der Waals surface area contributed by atoms with Crippen LogP contribution in [-0.2, 0) is 9.59 Å². The van der Waals surface area contributed by atoms with Gasteiger partial charge < -0.3 is 5.32 Å². The number of pyridine rings is 1. The third kappa shape index (κ3) is 1.33. The molecule has 0 radical (unpaired) electrons. The number of anilines is 1. The molecular formula is C8H6N4O2. The highest BCUT2D eigenvalue weighted by molar-refractivity contribution is 6.30. The Bertz CT molecular complexity index is 491. The van der Waals surface area contributed by atoms with Crippen LogP contribution in [0.2, 0.25) is 0 Å².